The van der Waals surface area contributed by atoms with Gasteiger partial charge in [-0.25, -0.2) is 0 Å². The number of rotatable bonds is 1. The van der Waals surface area contributed by atoms with E-state index in [4.69, 9.17) is 21.1 Å². The van der Waals surface area contributed by atoms with E-state index in [1.807, 2.05) is 0 Å². The molecule has 1 saturated carbocycles. The Balaban J connectivity index is 1.78. The van der Waals surface area contributed by atoms with Crippen LogP contribution in [0.3, 0.4) is 0 Å². The zero-order valence-electron chi connectivity index (χ0n) is 15.1. The summed E-state index contributed by atoms with van der Waals surface area (Å²) in [7, 11) is 1.45. The average molecular weight is 400 g/mol. The van der Waals surface area contributed by atoms with Gasteiger partial charge in [-0.1, -0.05) is 6.92 Å². The van der Waals surface area contributed by atoms with Gasteiger partial charge in [-0.15, -0.1) is 11.6 Å². The van der Waals surface area contributed by atoms with Crippen LogP contribution >= 0.6 is 11.6 Å². The van der Waals surface area contributed by atoms with Crippen LogP contribution in [-0.2, 0) is 23.9 Å². The molecule has 2 fully saturated rings. The van der Waals surface area contributed by atoms with Crippen molar-refractivity contribution in [2.24, 2.45) is 11.8 Å². The molecular weight excluding hydrogens is 378 g/mol. The monoisotopic (exact) mass is 399 g/mol. The van der Waals surface area contributed by atoms with Crippen molar-refractivity contribution < 1.29 is 34.2 Å². The van der Waals surface area contributed by atoms with Crippen LogP contribution in [0.4, 0.5) is 0 Å². The summed E-state index contributed by atoms with van der Waals surface area (Å²) in [6.45, 7) is 1.69. The number of alkyl halides is 1. The number of carbonyl (C=O) groups excluding carboxylic acids is 3. The lowest BCUT2D eigenvalue weighted by Crippen LogP contribution is -2.56. The highest BCUT2D eigenvalue weighted by atomic mass is 35.5. The molecule has 2 N–H and O–H groups in total. The lowest BCUT2D eigenvalue weighted by Gasteiger charge is -2.41. The van der Waals surface area contributed by atoms with Crippen LogP contribution in [0.1, 0.15) is 32.6 Å². The zero-order valence-corrected chi connectivity index (χ0v) is 15.8. The van der Waals surface area contributed by atoms with Crippen LogP contribution in [0.5, 0.6) is 0 Å². The molecule has 1 spiro atoms. The molecule has 0 aromatic carbocycles. The van der Waals surface area contributed by atoms with Crippen LogP contribution in [0.25, 0.3) is 0 Å². The van der Waals surface area contributed by atoms with Gasteiger partial charge in [0, 0.05) is 31.4 Å². The van der Waals surface area contributed by atoms with Crippen molar-refractivity contribution in [3.63, 3.8) is 0 Å². The standard InChI is InChI=1S/C18H22ClNO7/c1-7-5-9-8(3-4-12(22)20(9)25)16(23)18(7)17(24)13-11(26-2)6-10(21)14(19)15(13)27-18/h7,10-11,13-15,21,25H,3-6H2,1-2H3/t7-,10?,11?,13?,14?,15?,18+/m1/s1. The van der Waals surface area contributed by atoms with E-state index in [-0.39, 0.29) is 42.7 Å². The number of amides is 1. The van der Waals surface area contributed by atoms with Gasteiger partial charge >= 0.3 is 0 Å². The third kappa shape index (κ3) is 2.40. The van der Waals surface area contributed by atoms with E-state index in [1.165, 1.54) is 7.11 Å². The van der Waals surface area contributed by atoms with E-state index in [1.54, 1.807) is 6.92 Å². The Morgan fingerprint density at radius 3 is 2.67 bits per heavy atom. The minimum atomic E-state index is -1.72. The minimum Gasteiger partial charge on any atom is -0.391 e. The minimum absolute atomic E-state index is 0.00980. The fourth-order valence-corrected chi connectivity index (χ4v) is 5.29. The Morgan fingerprint density at radius 2 is 2.00 bits per heavy atom. The molecule has 8 nitrogen and oxygen atoms in total. The van der Waals surface area contributed by atoms with Crippen LogP contribution in [0.2, 0.25) is 0 Å². The lowest BCUT2D eigenvalue weighted by atomic mass is 9.67. The second-order valence-electron chi connectivity index (χ2n) is 7.79. The molecule has 2 aliphatic carbocycles. The number of nitrogens with zero attached hydrogens (tertiary/aromatic N) is 1. The molecular formula is C18H22ClNO7. The fourth-order valence-electron chi connectivity index (χ4n) is 4.98. The van der Waals surface area contributed by atoms with Crippen molar-refractivity contribution in [3.05, 3.63) is 11.3 Å². The van der Waals surface area contributed by atoms with Crippen molar-refractivity contribution in [2.75, 3.05) is 7.11 Å². The normalized spacial score (nSPS) is 44.8. The lowest BCUT2D eigenvalue weighted by molar-refractivity contribution is -0.168. The van der Waals surface area contributed by atoms with E-state index in [0.29, 0.717) is 5.06 Å². The number of aliphatic hydroxyl groups is 1. The number of aliphatic hydroxyl groups excluding tert-OH is 1. The highest BCUT2D eigenvalue weighted by Gasteiger charge is 2.68. The first-order valence-corrected chi connectivity index (χ1v) is 9.53. The van der Waals surface area contributed by atoms with Crippen molar-refractivity contribution in [2.45, 2.75) is 61.9 Å². The number of fused-ring (bicyclic) bond motifs is 1. The van der Waals surface area contributed by atoms with E-state index in [2.05, 4.69) is 0 Å². The van der Waals surface area contributed by atoms with Gasteiger partial charge in [0.15, 0.2) is 17.2 Å². The average Bonchev–Trinajstić information content (AvgIpc) is 2.95. The number of hydrogen-bond donors (Lipinski definition) is 2. The zero-order chi connectivity index (χ0) is 19.7. The van der Waals surface area contributed by atoms with Crippen LogP contribution in [-0.4, -0.2) is 69.3 Å². The molecule has 148 valence electrons. The molecule has 0 bridgehead atoms. The van der Waals surface area contributed by atoms with Gasteiger partial charge in [-0.2, -0.15) is 5.06 Å². The summed E-state index contributed by atoms with van der Waals surface area (Å²) in [5.41, 5.74) is -1.22. The maximum absolute atomic E-state index is 13.4. The van der Waals surface area contributed by atoms with Crippen molar-refractivity contribution in [3.8, 4) is 0 Å². The molecule has 5 unspecified atom stereocenters. The number of hydrogen-bond acceptors (Lipinski definition) is 7. The Labute approximate surface area is 161 Å². The van der Waals surface area contributed by atoms with Gasteiger partial charge in [0.1, 0.15) is 0 Å². The fraction of sp³-hybridized carbons (Fsp3) is 0.722. The smallest absolute Gasteiger partial charge is 0.250 e. The number of methoxy groups -OCH3 is 1. The first-order chi connectivity index (χ1) is 12.7. The largest absolute Gasteiger partial charge is 0.391 e. The van der Waals surface area contributed by atoms with Crippen LogP contribution in [0, 0.1) is 11.8 Å². The summed E-state index contributed by atoms with van der Waals surface area (Å²) >= 11 is 6.33. The highest BCUT2D eigenvalue weighted by Crippen LogP contribution is 2.51. The van der Waals surface area contributed by atoms with Gasteiger partial charge in [-0.3, -0.25) is 19.6 Å². The summed E-state index contributed by atoms with van der Waals surface area (Å²) < 4.78 is 11.5. The number of halogens is 1. The molecule has 0 aromatic heterocycles. The molecule has 2 heterocycles. The van der Waals surface area contributed by atoms with Crippen molar-refractivity contribution in [1.82, 2.24) is 5.06 Å². The molecule has 0 radical (unpaired) electrons. The summed E-state index contributed by atoms with van der Waals surface area (Å²) in [6, 6.07) is 0. The molecule has 2 aliphatic heterocycles. The Kier molecular flexibility index (Phi) is 4.47. The maximum Gasteiger partial charge on any atom is 0.250 e. The predicted octanol–water partition coefficient (Wildman–Crippen LogP) is 0.571. The predicted molar refractivity (Wildman–Crippen MR) is 90.8 cm³/mol. The maximum atomic E-state index is 13.4. The molecule has 27 heavy (non-hydrogen) atoms. The molecule has 7 atom stereocenters. The third-order valence-electron chi connectivity index (χ3n) is 6.44. The first-order valence-electron chi connectivity index (χ1n) is 9.09. The molecule has 4 aliphatic rings. The third-order valence-corrected chi connectivity index (χ3v) is 6.98. The number of hydroxylamine groups is 2. The summed E-state index contributed by atoms with van der Waals surface area (Å²) in [5, 5.41) is 19.9. The molecule has 1 amide bonds. The van der Waals surface area contributed by atoms with E-state index in [9.17, 15) is 24.7 Å². The van der Waals surface area contributed by atoms with Crippen LogP contribution < -0.4 is 0 Å². The Hall–Kier alpha value is -1.32. The molecule has 9 heteroatoms. The second-order valence-corrected chi connectivity index (χ2v) is 8.30. The summed E-state index contributed by atoms with van der Waals surface area (Å²) in [6.07, 6.45) is -1.85. The van der Waals surface area contributed by atoms with Crippen LogP contribution in [0.15, 0.2) is 11.3 Å². The van der Waals surface area contributed by atoms with E-state index < -0.39 is 52.8 Å². The SMILES string of the molecule is COC1CC(O)C(Cl)C2O[C@@]3(C(=O)C4=C(C[C@H]3C)N(O)C(=O)CC4)C(=O)C12. The van der Waals surface area contributed by atoms with Gasteiger partial charge in [0.25, 0.3) is 5.91 Å². The number of carbonyl (C=O) groups is 3. The topological polar surface area (TPSA) is 113 Å². The van der Waals surface area contributed by atoms with Gasteiger partial charge in [-0.05, 0) is 12.8 Å². The summed E-state index contributed by atoms with van der Waals surface area (Å²) in [5.74, 6) is -2.72. The number of ether oxygens (including phenoxy) is 2. The van der Waals surface area contributed by atoms with Gasteiger partial charge in [0.05, 0.1) is 35.3 Å². The molecule has 4 rings (SSSR count). The van der Waals surface area contributed by atoms with Crippen molar-refractivity contribution in [1.29, 1.82) is 0 Å². The number of allylic oxidation sites excluding steroid dienone is 1. The first kappa shape index (κ1) is 19.0. The Morgan fingerprint density at radius 1 is 1.30 bits per heavy atom. The molecule has 0 aromatic rings. The number of Topliss-reactive ketones (excluding diaryl/α,β-unsaturated/α-hetero) is 2. The van der Waals surface area contributed by atoms with Crippen molar-refractivity contribution >= 4 is 29.1 Å². The summed E-state index contributed by atoms with van der Waals surface area (Å²) in [4.78, 5) is 38.6. The second kappa shape index (κ2) is 6.35. The van der Waals surface area contributed by atoms with E-state index in [0.717, 1.165) is 0 Å². The van der Waals surface area contributed by atoms with Gasteiger partial charge in [0.2, 0.25) is 0 Å². The van der Waals surface area contributed by atoms with Gasteiger partial charge < -0.3 is 14.6 Å². The molecule has 1 saturated heterocycles. The highest BCUT2D eigenvalue weighted by molar-refractivity contribution is 6.24. The number of ketones is 2. The Bertz CT molecular complexity index is 752. The van der Waals surface area contributed by atoms with E-state index >= 15 is 0 Å². The quantitative estimate of drug-likeness (QED) is 0.376.